The summed E-state index contributed by atoms with van der Waals surface area (Å²) in [6, 6.07) is 3.81. The number of nitrogens with one attached hydrogen (secondary N) is 1. The zero-order valence-corrected chi connectivity index (χ0v) is 9.44. The molecule has 0 amide bonds. The highest BCUT2D eigenvalue weighted by atomic mass is 19.1. The molecule has 15 heavy (non-hydrogen) atoms. The van der Waals surface area contributed by atoms with Crippen LogP contribution < -0.4 is 5.32 Å². The molecule has 1 nitrogen and oxygen atoms in total. The first-order valence-corrected chi connectivity index (χ1v) is 5.69. The first-order valence-electron chi connectivity index (χ1n) is 5.69. The average Bonchev–Trinajstić information content (AvgIpc) is 2.26. The van der Waals surface area contributed by atoms with E-state index in [1.54, 1.807) is 6.07 Å². The van der Waals surface area contributed by atoms with Crippen LogP contribution in [0.4, 0.5) is 4.39 Å². The van der Waals surface area contributed by atoms with Gasteiger partial charge in [0.1, 0.15) is 5.82 Å². The summed E-state index contributed by atoms with van der Waals surface area (Å²) in [5.41, 5.74) is 3.19. The molecule has 1 aromatic carbocycles. The summed E-state index contributed by atoms with van der Waals surface area (Å²) in [7, 11) is 0. The Hall–Kier alpha value is -0.890. The molecule has 1 heterocycles. The van der Waals surface area contributed by atoms with Crippen molar-refractivity contribution in [3.63, 3.8) is 0 Å². The third-order valence-corrected chi connectivity index (χ3v) is 3.33. The third-order valence-electron chi connectivity index (χ3n) is 3.33. The highest BCUT2D eigenvalue weighted by Gasteiger charge is 2.19. The van der Waals surface area contributed by atoms with E-state index in [9.17, 15) is 4.39 Å². The molecule has 2 rings (SSSR count). The first-order chi connectivity index (χ1) is 7.20. The second-order valence-electron chi connectivity index (χ2n) is 4.41. The molecule has 1 unspecified atom stereocenters. The van der Waals surface area contributed by atoms with Gasteiger partial charge in [-0.1, -0.05) is 12.5 Å². The fourth-order valence-corrected chi connectivity index (χ4v) is 2.47. The van der Waals surface area contributed by atoms with Gasteiger partial charge in [0.25, 0.3) is 0 Å². The second kappa shape index (κ2) is 4.31. The van der Waals surface area contributed by atoms with E-state index in [1.165, 1.54) is 24.0 Å². The number of benzene rings is 1. The van der Waals surface area contributed by atoms with Crippen LogP contribution >= 0.6 is 0 Å². The van der Waals surface area contributed by atoms with Gasteiger partial charge in [-0.15, -0.1) is 0 Å². The molecule has 1 aliphatic heterocycles. The third kappa shape index (κ3) is 2.05. The minimum atomic E-state index is -0.0806. The molecular weight excluding hydrogens is 189 g/mol. The van der Waals surface area contributed by atoms with Crippen molar-refractivity contribution in [2.75, 3.05) is 6.54 Å². The molecule has 1 N–H and O–H groups in total. The molecule has 1 saturated heterocycles. The molecular formula is C13H18FN. The Morgan fingerprint density at radius 3 is 2.73 bits per heavy atom. The smallest absolute Gasteiger partial charge is 0.126 e. The minimum absolute atomic E-state index is 0.0806. The largest absolute Gasteiger partial charge is 0.310 e. The van der Waals surface area contributed by atoms with E-state index in [1.807, 2.05) is 13.0 Å². The van der Waals surface area contributed by atoms with Gasteiger partial charge in [0, 0.05) is 6.04 Å². The van der Waals surface area contributed by atoms with Gasteiger partial charge in [-0.05, 0) is 56.0 Å². The summed E-state index contributed by atoms with van der Waals surface area (Å²) in [6.07, 6.45) is 3.61. The lowest BCUT2D eigenvalue weighted by molar-refractivity contribution is 0.408. The Bertz CT molecular complexity index is 354. The lowest BCUT2D eigenvalue weighted by Gasteiger charge is -2.27. The van der Waals surface area contributed by atoms with Crippen LogP contribution in [-0.4, -0.2) is 6.54 Å². The van der Waals surface area contributed by atoms with Crippen LogP contribution in [0.3, 0.4) is 0 Å². The first kappa shape index (κ1) is 10.6. The van der Waals surface area contributed by atoms with E-state index in [-0.39, 0.29) is 5.82 Å². The van der Waals surface area contributed by atoms with Crippen LogP contribution in [0.5, 0.6) is 0 Å². The Morgan fingerprint density at radius 2 is 2.07 bits per heavy atom. The van der Waals surface area contributed by atoms with Crippen molar-refractivity contribution in [1.29, 1.82) is 0 Å². The molecule has 1 aliphatic rings. The predicted molar refractivity (Wildman–Crippen MR) is 60.5 cm³/mol. The van der Waals surface area contributed by atoms with Gasteiger partial charge < -0.3 is 5.32 Å². The van der Waals surface area contributed by atoms with E-state index in [2.05, 4.69) is 12.2 Å². The zero-order valence-electron chi connectivity index (χ0n) is 9.44. The van der Waals surface area contributed by atoms with Gasteiger partial charge in [-0.25, -0.2) is 4.39 Å². The number of rotatable bonds is 1. The lowest BCUT2D eigenvalue weighted by atomic mass is 9.90. The maximum Gasteiger partial charge on any atom is 0.126 e. The van der Waals surface area contributed by atoms with Crippen LogP contribution in [-0.2, 0) is 0 Å². The van der Waals surface area contributed by atoms with E-state index < -0.39 is 0 Å². The summed E-state index contributed by atoms with van der Waals surface area (Å²) in [6.45, 7) is 5.01. The van der Waals surface area contributed by atoms with Crippen LogP contribution in [0.2, 0.25) is 0 Å². The van der Waals surface area contributed by atoms with Gasteiger partial charge in [0.15, 0.2) is 0 Å². The molecule has 1 aromatic rings. The number of hydrogen-bond donors (Lipinski definition) is 1. The van der Waals surface area contributed by atoms with Gasteiger partial charge in [0.2, 0.25) is 0 Å². The molecule has 1 atom stereocenters. The summed E-state index contributed by atoms with van der Waals surface area (Å²) in [4.78, 5) is 0. The summed E-state index contributed by atoms with van der Waals surface area (Å²) < 4.78 is 13.5. The quantitative estimate of drug-likeness (QED) is 0.745. The highest BCUT2D eigenvalue weighted by Crippen LogP contribution is 2.29. The molecule has 82 valence electrons. The van der Waals surface area contributed by atoms with E-state index in [0.29, 0.717) is 6.04 Å². The Morgan fingerprint density at radius 1 is 1.27 bits per heavy atom. The average molecular weight is 207 g/mol. The van der Waals surface area contributed by atoms with E-state index in [0.717, 1.165) is 18.5 Å². The molecule has 0 bridgehead atoms. The summed E-state index contributed by atoms with van der Waals surface area (Å²) in [5.74, 6) is -0.0806. The van der Waals surface area contributed by atoms with Crippen LogP contribution in [0.1, 0.15) is 42.0 Å². The highest BCUT2D eigenvalue weighted by molar-refractivity contribution is 5.37. The van der Waals surface area contributed by atoms with Crippen molar-refractivity contribution in [3.05, 3.63) is 34.6 Å². The van der Waals surface area contributed by atoms with E-state index >= 15 is 0 Å². The molecule has 1 fully saturated rings. The van der Waals surface area contributed by atoms with Crippen molar-refractivity contribution >= 4 is 0 Å². The standard InChI is InChI=1S/C13H18FN/c1-9-6-7-11(14)10(2)13(9)12-5-3-4-8-15-12/h6-7,12,15H,3-5,8H2,1-2H3. The van der Waals surface area contributed by atoms with Crippen molar-refractivity contribution in [1.82, 2.24) is 5.32 Å². The Balaban J connectivity index is 2.36. The molecule has 0 radical (unpaired) electrons. The molecule has 0 aliphatic carbocycles. The fraction of sp³-hybridized carbons (Fsp3) is 0.538. The van der Waals surface area contributed by atoms with Gasteiger partial charge in [-0.2, -0.15) is 0 Å². The second-order valence-corrected chi connectivity index (χ2v) is 4.41. The minimum Gasteiger partial charge on any atom is -0.310 e. The number of hydrogen-bond acceptors (Lipinski definition) is 1. The number of aryl methyl sites for hydroxylation is 1. The molecule has 0 saturated carbocycles. The van der Waals surface area contributed by atoms with Crippen molar-refractivity contribution in [2.45, 2.75) is 39.2 Å². The summed E-state index contributed by atoms with van der Waals surface area (Å²) in [5, 5.41) is 3.48. The SMILES string of the molecule is Cc1ccc(F)c(C)c1C1CCCCN1. The zero-order chi connectivity index (χ0) is 10.8. The van der Waals surface area contributed by atoms with Gasteiger partial charge >= 0.3 is 0 Å². The van der Waals surface area contributed by atoms with Crippen molar-refractivity contribution in [3.8, 4) is 0 Å². The lowest BCUT2D eigenvalue weighted by Crippen LogP contribution is -2.28. The summed E-state index contributed by atoms with van der Waals surface area (Å²) >= 11 is 0. The maximum absolute atomic E-state index is 13.5. The monoisotopic (exact) mass is 207 g/mol. The van der Waals surface area contributed by atoms with Crippen LogP contribution in [0, 0.1) is 19.7 Å². The van der Waals surface area contributed by atoms with Gasteiger partial charge in [-0.3, -0.25) is 0 Å². The van der Waals surface area contributed by atoms with Crippen LogP contribution in [0.25, 0.3) is 0 Å². The van der Waals surface area contributed by atoms with Crippen molar-refractivity contribution < 1.29 is 4.39 Å². The normalized spacial score (nSPS) is 21.7. The number of piperidine rings is 1. The molecule has 2 heteroatoms. The van der Waals surface area contributed by atoms with E-state index in [4.69, 9.17) is 0 Å². The Labute approximate surface area is 90.7 Å². The topological polar surface area (TPSA) is 12.0 Å². The Kier molecular flexibility index (Phi) is 3.06. The van der Waals surface area contributed by atoms with Crippen LogP contribution in [0.15, 0.2) is 12.1 Å². The molecule has 0 aromatic heterocycles. The maximum atomic E-state index is 13.5. The molecule has 0 spiro atoms. The predicted octanol–water partition coefficient (Wildman–Crippen LogP) is 3.26. The van der Waals surface area contributed by atoms with Gasteiger partial charge in [0.05, 0.1) is 0 Å². The number of halogens is 1. The van der Waals surface area contributed by atoms with Crippen molar-refractivity contribution in [2.24, 2.45) is 0 Å². The fourth-order valence-electron chi connectivity index (χ4n) is 2.47.